The van der Waals surface area contributed by atoms with Crippen LogP contribution in [-0.2, 0) is 4.79 Å². The molecule has 8 nitrogen and oxygen atoms in total. The quantitative estimate of drug-likeness (QED) is 0.688. The predicted octanol–water partition coefficient (Wildman–Crippen LogP) is 3.28. The molecule has 1 saturated heterocycles. The van der Waals surface area contributed by atoms with E-state index in [1.807, 2.05) is 62.1 Å². The summed E-state index contributed by atoms with van der Waals surface area (Å²) in [5, 5.41) is 12.2. The molecule has 3 rings (SSSR count). The Morgan fingerprint density at radius 3 is 2.41 bits per heavy atom. The lowest BCUT2D eigenvalue weighted by atomic mass is 10.1. The highest BCUT2D eigenvalue weighted by Crippen LogP contribution is 2.26. The largest absolute Gasteiger partial charge is 0.352 e. The number of aromatic nitrogens is 2. The Hall–Kier alpha value is -2.87. The maximum atomic E-state index is 12.8. The van der Waals surface area contributed by atoms with E-state index in [0.29, 0.717) is 37.7 Å². The third-order valence-corrected chi connectivity index (χ3v) is 5.80. The van der Waals surface area contributed by atoms with E-state index in [-0.39, 0.29) is 24.5 Å². The van der Waals surface area contributed by atoms with Crippen LogP contribution in [0.25, 0.3) is 11.3 Å². The third kappa shape index (κ3) is 5.88. The van der Waals surface area contributed by atoms with Crippen molar-refractivity contribution in [1.29, 1.82) is 0 Å². The summed E-state index contributed by atoms with van der Waals surface area (Å²) < 4.78 is 0. The normalized spacial score (nSPS) is 13.9. The van der Waals surface area contributed by atoms with Gasteiger partial charge in [0.25, 0.3) is 0 Å². The maximum absolute atomic E-state index is 12.8. The number of amides is 3. The summed E-state index contributed by atoms with van der Waals surface area (Å²) in [5.41, 5.74) is 1.57. The van der Waals surface area contributed by atoms with E-state index in [4.69, 9.17) is 11.6 Å². The van der Waals surface area contributed by atoms with Gasteiger partial charge in [-0.15, -0.1) is 10.2 Å². The second kappa shape index (κ2) is 11.1. The molecule has 1 aliphatic rings. The first kappa shape index (κ1) is 23.8. The molecule has 0 atom stereocenters. The standard InChI is InChI=1S/C23H31ClN6O2/c1-4-11-25-23(32)30(17(2)3)16-22(31)29-14-12-28(13-15-29)21-10-9-20(26-27-21)18-7-5-6-8-19(18)24/h5-10,17H,4,11-16H2,1-3H3,(H,25,32). The zero-order valence-corrected chi connectivity index (χ0v) is 19.7. The van der Waals surface area contributed by atoms with Gasteiger partial charge in [-0.1, -0.05) is 36.7 Å². The number of urea groups is 1. The summed E-state index contributed by atoms with van der Waals surface area (Å²) in [4.78, 5) is 30.7. The molecule has 1 N–H and O–H groups in total. The predicted molar refractivity (Wildman–Crippen MR) is 127 cm³/mol. The van der Waals surface area contributed by atoms with Gasteiger partial charge in [-0.2, -0.15) is 0 Å². The summed E-state index contributed by atoms with van der Waals surface area (Å²) in [6.45, 7) is 9.00. The van der Waals surface area contributed by atoms with Crippen molar-refractivity contribution in [3.8, 4) is 11.3 Å². The molecule has 1 aromatic heterocycles. The van der Waals surface area contributed by atoms with Gasteiger partial charge in [0.15, 0.2) is 5.82 Å². The van der Waals surface area contributed by atoms with Gasteiger partial charge in [0.1, 0.15) is 6.54 Å². The van der Waals surface area contributed by atoms with Crippen molar-refractivity contribution in [2.24, 2.45) is 0 Å². The van der Waals surface area contributed by atoms with Crippen molar-refractivity contribution in [3.63, 3.8) is 0 Å². The van der Waals surface area contributed by atoms with Crippen LogP contribution < -0.4 is 10.2 Å². The molecule has 2 aromatic rings. The summed E-state index contributed by atoms with van der Waals surface area (Å²) in [6.07, 6.45) is 0.857. The number of rotatable bonds is 7. The van der Waals surface area contributed by atoms with Gasteiger partial charge in [0.05, 0.1) is 10.7 Å². The fourth-order valence-electron chi connectivity index (χ4n) is 3.56. The summed E-state index contributed by atoms with van der Waals surface area (Å²) >= 11 is 6.25. The number of nitrogens with zero attached hydrogens (tertiary/aromatic N) is 5. The Morgan fingerprint density at radius 1 is 1.09 bits per heavy atom. The topological polar surface area (TPSA) is 81.7 Å². The van der Waals surface area contributed by atoms with E-state index < -0.39 is 0 Å². The Labute approximate surface area is 194 Å². The molecule has 172 valence electrons. The van der Waals surface area contributed by atoms with Crippen LogP contribution in [0.5, 0.6) is 0 Å². The number of anilines is 1. The van der Waals surface area contributed by atoms with Gasteiger partial charge in [0, 0.05) is 44.3 Å². The van der Waals surface area contributed by atoms with Crippen molar-refractivity contribution in [1.82, 2.24) is 25.3 Å². The van der Waals surface area contributed by atoms with Crippen LogP contribution in [0.1, 0.15) is 27.2 Å². The lowest BCUT2D eigenvalue weighted by molar-refractivity contribution is -0.132. The average molecular weight is 459 g/mol. The van der Waals surface area contributed by atoms with Crippen LogP contribution in [0.3, 0.4) is 0 Å². The molecule has 0 spiro atoms. The molecular formula is C23H31ClN6O2. The van der Waals surface area contributed by atoms with Crippen molar-refractivity contribution >= 4 is 29.4 Å². The first-order valence-corrected chi connectivity index (χ1v) is 11.4. The third-order valence-electron chi connectivity index (χ3n) is 5.47. The first-order valence-electron chi connectivity index (χ1n) is 11.1. The number of halogens is 1. The zero-order chi connectivity index (χ0) is 23.1. The molecule has 32 heavy (non-hydrogen) atoms. The summed E-state index contributed by atoms with van der Waals surface area (Å²) in [7, 11) is 0. The van der Waals surface area contributed by atoms with Crippen LogP contribution in [0, 0.1) is 0 Å². The molecular weight excluding hydrogens is 428 g/mol. The minimum absolute atomic E-state index is 0.0369. The van der Waals surface area contributed by atoms with Gasteiger partial charge < -0.3 is 20.0 Å². The summed E-state index contributed by atoms with van der Waals surface area (Å²) in [5.74, 6) is 0.737. The van der Waals surface area contributed by atoms with Crippen LogP contribution in [0.2, 0.25) is 5.02 Å². The number of benzene rings is 1. The monoisotopic (exact) mass is 458 g/mol. The minimum Gasteiger partial charge on any atom is -0.352 e. The molecule has 1 aromatic carbocycles. The van der Waals surface area contributed by atoms with Crippen molar-refractivity contribution in [2.75, 3.05) is 44.2 Å². The lowest BCUT2D eigenvalue weighted by Gasteiger charge is -2.36. The molecule has 0 saturated carbocycles. The molecule has 0 aliphatic carbocycles. The highest BCUT2D eigenvalue weighted by Gasteiger charge is 2.26. The highest BCUT2D eigenvalue weighted by atomic mass is 35.5. The van der Waals surface area contributed by atoms with Crippen molar-refractivity contribution in [2.45, 2.75) is 33.2 Å². The Kier molecular flexibility index (Phi) is 8.27. The number of nitrogens with one attached hydrogen (secondary N) is 1. The van der Waals surface area contributed by atoms with E-state index in [1.165, 1.54) is 0 Å². The van der Waals surface area contributed by atoms with E-state index in [9.17, 15) is 9.59 Å². The van der Waals surface area contributed by atoms with Crippen LogP contribution in [0.15, 0.2) is 36.4 Å². The number of piperazine rings is 1. The SMILES string of the molecule is CCCNC(=O)N(CC(=O)N1CCN(c2ccc(-c3ccccc3Cl)nn2)CC1)C(C)C. The Balaban J connectivity index is 1.55. The minimum atomic E-state index is -0.192. The van der Waals surface area contributed by atoms with E-state index in [1.54, 1.807) is 4.90 Å². The second-order valence-electron chi connectivity index (χ2n) is 8.08. The fraction of sp³-hybridized carbons (Fsp3) is 0.478. The molecule has 2 heterocycles. The number of hydrogen-bond donors (Lipinski definition) is 1. The average Bonchev–Trinajstić information content (AvgIpc) is 2.81. The smallest absolute Gasteiger partial charge is 0.318 e. The van der Waals surface area contributed by atoms with Crippen LogP contribution in [0.4, 0.5) is 10.6 Å². The van der Waals surface area contributed by atoms with Crippen molar-refractivity contribution < 1.29 is 9.59 Å². The molecule has 1 fully saturated rings. The molecule has 9 heteroatoms. The Morgan fingerprint density at radius 2 is 1.81 bits per heavy atom. The van der Waals surface area contributed by atoms with E-state index >= 15 is 0 Å². The van der Waals surface area contributed by atoms with Crippen LogP contribution in [-0.4, -0.2) is 77.2 Å². The van der Waals surface area contributed by atoms with E-state index in [0.717, 1.165) is 23.5 Å². The zero-order valence-electron chi connectivity index (χ0n) is 18.9. The van der Waals surface area contributed by atoms with E-state index in [2.05, 4.69) is 20.4 Å². The molecule has 0 radical (unpaired) electrons. The molecule has 1 aliphatic heterocycles. The maximum Gasteiger partial charge on any atom is 0.318 e. The highest BCUT2D eigenvalue weighted by molar-refractivity contribution is 6.33. The van der Waals surface area contributed by atoms with Gasteiger partial charge >= 0.3 is 6.03 Å². The Bertz CT molecular complexity index is 913. The molecule has 3 amide bonds. The fourth-order valence-corrected chi connectivity index (χ4v) is 3.79. The summed E-state index contributed by atoms with van der Waals surface area (Å²) in [6, 6.07) is 11.1. The number of carbonyl (C=O) groups is 2. The lowest BCUT2D eigenvalue weighted by Crippen LogP contribution is -2.54. The van der Waals surface area contributed by atoms with Gasteiger partial charge in [-0.05, 0) is 38.5 Å². The van der Waals surface area contributed by atoms with Crippen LogP contribution >= 0.6 is 11.6 Å². The van der Waals surface area contributed by atoms with Gasteiger partial charge in [0.2, 0.25) is 5.91 Å². The van der Waals surface area contributed by atoms with Gasteiger partial charge in [-0.25, -0.2) is 4.79 Å². The van der Waals surface area contributed by atoms with Crippen molar-refractivity contribution in [3.05, 3.63) is 41.4 Å². The van der Waals surface area contributed by atoms with Gasteiger partial charge in [-0.3, -0.25) is 4.79 Å². The number of hydrogen-bond acceptors (Lipinski definition) is 5. The number of carbonyl (C=O) groups excluding carboxylic acids is 2. The molecule has 0 unspecified atom stereocenters. The second-order valence-corrected chi connectivity index (χ2v) is 8.49. The molecule has 0 bridgehead atoms. The first-order chi connectivity index (χ1) is 15.4.